The van der Waals surface area contributed by atoms with E-state index in [0.717, 1.165) is 11.1 Å². The van der Waals surface area contributed by atoms with Gasteiger partial charge in [0.15, 0.2) is 0 Å². The third-order valence-corrected chi connectivity index (χ3v) is 5.62. The molecule has 0 aliphatic heterocycles. The van der Waals surface area contributed by atoms with Gasteiger partial charge in [-0.05, 0) is 43.7 Å². The summed E-state index contributed by atoms with van der Waals surface area (Å²) < 4.78 is 20.6. The maximum absolute atomic E-state index is 15.3. The molecule has 1 unspecified atom stereocenters. The van der Waals surface area contributed by atoms with Gasteiger partial charge in [-0.2, -0.15) is 0 Å². The monoisotopic (exact) mass is 475 g/mol. The highest BCUT2D eigenvalue weighted by atomic mass is 19.1. The molecule has 6 nitrogen and oxygen atoms in total. The second kappa shape index (κ2) is 11.9. The Morgan fingerprint density at radius 1 is 1.20 bits per heavy atom. The topological polar surface area (TPSA) is 107 Å². The molecule has 0 spiro atoms. The van der Waals surface area contributed by atoms with Crippen molar-refractivity contribution >= 4 is 11.9 Å². The molecule has 1 aliphatic rings. The summed E-state index contributed by atoms with van der Waals surface area (Å²) in [7, 11) is 0. The second-order valence-corrected chi connectivity index (χ2v) is 8.22. The number of carbonyl (C=O) groups is 2. The lowest BCUT2D eigenvalue weighted by Crippen LogP contribution is -2.33. The predicted molar refractivity (Wildman–Crippen MR) is 135 cm³/mol. The van der Waals surface area contributed by atoms with Gasteiger partial charge in [0, 0.05) is 35.5 Å². The highest BCUT2D eigenvalue weighted by Gasteiger charge is 2.25. The van der Waals surface area contributed by atoms with Gasteiger partial charge in [-0.25, -0.2) is 9.18 Å². The number of benzene rings is 2. The van der Waals surface area contributed by atoms with Crippen molar-refractivity contribution in [1.29, 1.82) is 0 Å². The molecule has 1 amide bonds. The molecule has 0 radical (unpaired) electrons. The Labute approximate surface area is 204 Å². The number of hydrogen-bond acceptors (Lipinski definition) is 5. The maximum Gasteiger partial charge on any atom is 0.338 e. The minimum absolute atomic E-state index is 0.0970. The Balaban J connectivity index is 1.73. The fourth-order valence-electron chi connectivity index (χ4n) is 3.73. The van der Waals surface area contributed by atoms with Crippen LogP contribution in [0, 0.1) is 12.7 Å². The smallest absolute Gasteiger partial charge is 0.338 e. The third kappa shape index (κ3) is 6.55. The van der Waals surface area contributed by atoms with Gasteiger partial charge in [0.2, 0.25) is 5.91 Å². The van der Waals surface area contributed by atoms with Gasteiger partial charge < -0.3 is 21.5 Å². The van der Waals surface area contributed by atoms with Crippen LogP contribution in [0.3, 0.4) is 0 Å². The molecule has 1 atom stereocenters. The average molecular weight is 476 g/mol. The zero-order chi connectivity index (χ0) is 25.4. The van der Waals surface area contributed by atoms with Crippen LogP contribution < -0.4 is 16.8 Å². The van der Waals surface area contributed by atoms with Crippen molar-refractivity contribution in [3.63, 3.8) is 0 Å². The molecular weight excluding hydrogens is 445 g/mol. The van der Waals surface area contributed by atoms with Crippen molar-refractivity contribution in [3.8, 4) is 0 Å². The Kier molecular flexibility index (Phi) is 8.75. The quantitative estimate of drug-likeness (QED) is 0.494. The van der Waals surface area contributed by atoms with Crippen molar-refractivity contribution < 1.29 is 18.7 Å². The fourth-order valence-corrected chi connectivity index (χ4v) is 3.73. The van der Waals surface area contributed by atoms with Crippen LogP contribution in [0.2, 0.25) is 0 Å². The molecule has 0 fully saturated rings. The Bertz CT molecular complexity index is 1230. The van der Waals surface area contributed by atoms with E-state index in [2.05, 4.69) is 5.32 Å². The molecule has 2 aromatic rings. The zero-order valence-corrected chi connectivity index (χ0v) is 19.9. The van der Waals surface area contributed by atoms with Crippen molar-refractivity contribution in [1.82, 2.24) is 5.32 Å². The van der Waals surface area contributed by atoms with Gasteiger partial charge in [0.25, 0.3) is 0 Å². The number of esters is 1. The first-order valence-corrected chi connectivity index (χ1v) is 11.4. The predicted octanol–water partition coefficient (Wildman–Crippen LogP) is 4.28. The first-order valence-electron chi connectivity index (χ1n) is 11.4. The molecule has 0 aromatic heterocycles. The van der Waals surface area contributed by atoms with E-state index < -0.39 is 23.6 Å². The third-order valence-electron chi connectivity index (χ3n) is 5.62. The molecule has 182 valence electrons. The van der Waals surface area contributed by atoms with E-state index >= 15 is 4.39 Å². The number of amides is 1. The van der Waals surface area contributed by atoms with Gasteiger partial charge in [0.1, 0.15) is 12.4 Å². The van der Waals surface area contributed by atoms with E-state index in [9.17, 15) is 9.59 Å². The van der Waals surface area contributed by atoms with E-state index in [-0.39, 0.29) is 24.3 Å². The standard InChI is InChI=1S/C28H30FN3O3/c1-3-6-19-11-12-22(13-14-25(19)31)32-27(33)24(16-30)23-10-5-9-21(26(23)29)17-35-28(34)20-8-4-7-18(2)15-20/h3-11,13-15,24H,12,16-17,30-31H2,1-2H3,(H,32,33)/b6-3-. The Morgan fingerprint density at radius 2 is 1.97 bits per heavy atom. The highest BCUT2D eigenvalue weighted by molar-refractivity contribution is 5.89. The van der Waals surface area contributed by atoms with Gasteiger partial charge in [-0.1, -0.05) is 54.1 Å². The lowest BCUT2D eigenvalue weighted by atomic mass is 9.95. The van der Waals surface area contributed by atoms with Crippen LogP contribution in [0.15, 0.2) is 89.8 Å². The van der Waals surface area contributed by atoms with Crippen LogP contribution in [0.25, 0.3) is 0 Å². The van der Waals surface area contributed by atoms with Gasteiger partial charge in [-0.3, -0.25) is 4.79 Å². The SMILES string of the molecule is C/C=C\C1=CCC(NC(=O)C(CN)c2cccc(COC(=O)c3cccc(C)c3)c2F)=CC=C1N. The number of allylic oxidation sites excluding steroid dienone is 5. The molecule has 5 N–H and O–H groups in total. The Hall–Kier alpha value is -3.97. The lowest BCUT2D eigenvalue weighted by molar-refractivity contribution is -0.121. The fraction of sp³-hybridized carbons (Fsp3) is 0.214. The summed E-state index contributed by atoms with van der Waals surface area (Å²) >= 11 is 0. The largest absolute Gasteiger partial charge is 0.457 e. The van der Waals surface area contributed by atoms with Crippen LogP contribution in [0.4, 0.5) is 4.39 Å². The highest BCUT2D eigenvalue weighted by Crippen LogP contribution is 2.24. The van der Waals surface area contributed by atoms with Crippen LogP contribution in [-0.2, 0) is 16.1 Å². The summed E-state index contributed by atoms with van der Waals surface area (Å²) in [5, 5.41) is 2.84. The van der Waals surface area contributed by atoms with Gasteiger partial charge in [-0.15, -0.1) is 0 Å². The Morgan fingerprint density at radius 3 is 2.69 bits per heavy atom. The van der Waals surface area contributed by atoms with Crippen LogP contribution in [-0.4, -0.2) is 18.4 Å². The number of rotatable bonds is 8. The van der Waals surface area contributed by atoms with Crippen LogP contribution in [0.5, 0.6) is 0 Å². The zero-order valence-electron chi connectivity index (χ0n) is 19.9. The summed E-state index contributed by atoms with van der Waals surface area (Å²) in [6.07, 6.45) is 9.58. The molecule has 0 bridgehead atoms. The number of aryl methyl sites for hydroxylation is 1. The van der Waals surface area contributed by atoms with Crippen molar-refractivity contribution in [3.05, 3.63) is 118 Å². The second-order valence-electron chi connectivity index (χ2n) is 8.22. The molecule has 7 heteroatoms. The molecule has 1 aliphatic carbocycles. The summed E-state index contributed by atoms with van der Waals surface area (Å²) in [4.78, 5) is 25.4. The minimum atomic E-state index is -0.924. The number of nitrogens with two attached hydrogens (primary N) is 2. The molecule has 35 heavy (non-hydrogen) atoms. The normalized spacial score (nSPS) is 14.5. The summed E-state index contributed by atoms with van der Waals surface area (Å²) in [5.74, 6) is -2.53. The molecule has 0 saturated heterocycles. The maximum atomic E-state index is 15.3. The first-order chi connectivity index (χ1) is 16.8. The minimum Gasteiger partial charge on any atom is -0.457 e. The van der Waals surface area contributed by atoms with Crippen molar-refractivity contribution in [2.24, 2.45) is 11.5 Å². The van der Waals surface area contributed by atoms with Gasteiger partial charge >= 0.3 is 5.97 Å². The number of ether oxygens (including phenoxy) is 1. The lowest BCUT2D eigenvalue weighted by Gasteiger charge is -2.18. The van der Waals surface area contributed by atoms with Crippen LogP contribution >= 0.6 is 0 Å². The molecule has 2 aromatic carbocycles. The number of nitrogens with one attached hydrogen (secondary N) is 1. The first kappa shape index (κ1) is 25.6. The summed E-state index contributed by atoms with van der Waals surface area (Å²) in [5.41, 5.74) is 15.6. The molecule has 0 heterocycles. The van der Waals surface area contributed by atoms with E-state index in [1.807, 2.05) is 38.1 Å². The summed E-state index contributed by atoms with van der Waals surface area (Å²) in [6, 6.07) is 11.6. The van der Waals surface area contributed by atoms with Gasteiger partial charge in [0.05, 0.1) is 11.5 Å². The average Bonchev–Trinajstić information content (AvgIpc) is 3.01. The molecule has 0 saturated carbocycles. The molecule has 3 rings (SSSR count). The summed E-state index contributed by atoms with van der Waals surface area (Å²) in [6.45, 7) is 3.40. The van der Waals surface area contributed by atoms with E-state index in [1.54, 1.807) is 36.4 Å². The van der Waals surface area contributed by atoms with E-state index in [1.165, 1.54) is 12.1 Å². The van der Waals surface area contributed by atoms with E-state index in [4.69, 9.17) is 16.2 Å². The van der Waals surface area contributed by atoms with E-state index in [0.29, 0.717) is 23.4 Å². The van der Waals surface area contributed by atoms with Crippen molar-refractivity contribution in [2.45, 2.75) is 32.8 Å². The molecular formula is C28H30FN3O3. The number of halogens is 1. The number of carbonyl (C=O) groups excluding carboxylic acids is 2. The number of hydrogen-bond donors (Lipinski definition) is 3. The van der Waals surface area contributed by atoms with Crippen LogP contribution in [0.1, 0.15) is 46.3 Å². The van der Waals surface area contributed by atoms with Crippen molar-refractivity contribution in [2.75, 3.05) is 6.54 Å².